The van der Waals surface area contributed by atoms with Crippen molar-refractivity contribution < 1.29 is 28.9 Å². The van der Waals surface area contributed by atoms with Gasteiger partial charge in [0.1, 0.15) is 0 Å². The van der Waals surface area contributed by atoms with Crippen molar-refractivity contribution in [1.82, 2.24) is 14.7 Å². The molecule has 0 saturated carbocycles. The van der Waals surface area contributed by atoms with Crippen LogP contribution in [0.1, 0.15) is 39.5 Å². The number of rotatable bonds is 13. The maximum absolute atomic E-state index is 13.8. The molecule has 0 radical (unpaired) electrons. The molecule has 2 atom stereocenters. The van der Waals surface area contributed by atoms with Crippen LogP contribution >= 0.6 is 0 Å². The second-order valence-corrected chi connectivity index (χ2v) is 11.0. The molecule has 0 spiro atoms. The Bertz CT molecular complexity index is 1780. The van der Waals surface area contributed by atoms with Gasteiger partial charge in [0.25, 0.3) is 17.4 Å². The fourth-order valence-electron chi connectivity index (χ4n) is 5.39. The van der Waals surface area contributed by atoms with E-state index in [2.05, 4.69) is 10.6 Å². The van der Waals surface area contributed by atoms with Crippen LogP contribution in [0.15, 0.2) is 95.5 Å². The van der Waals surface area contributed by atoms with E-state index < -0.39 is 18.1 Å². The Hall–Kier alpha value is -5.17. The number of ether oxygens (including phenoxy) is 3. The van der Waals surface area contributed by atoms with E-state index in [9.17, 15) is 14.4 Å². The minimum absolute atomic E-state index is 0.0351. The molecule has 5 N–H and O–H groups in total. The van der Waals surface area contributed by atoms with Gasteiger partial charge in [-0.2, -0.15) is 0 Å². The highest BCUT2D eigenvalue weighted by molar-refractivity contribution is 6.05. The van der Waals surface area contributed by atoms with Gasteiger partial charge in [0.2, 0.25) is 6.29 Å². The van der Waals surface area contributed by atoms with Crippen molar-refractivity contribution in [2.75, 3.05) is 37.5 Å². The number of aliphatic hydroxyl groups excluding tert-OH is 1. The number of para-hydroxylation sites is 3. The van der Waals surface area contributed by atoms with Crippen molar-refractivity contribution in [3.63, 3.8) is 0 Å². The van der Waals surface area contributed by atoms with Crippen molar-refractivity contribution in [3.05, 3.63) is 123 Å². The molecule has 1 aliphatic heterocycles. The Morgan fingerprint density at radius 2 is 1.70 bits per heavy atom. The van der Waals surface area contributed by atoms with Gasteiger partial charge in [0.15, 0.2) is 5.76 Å². The Balaban J connectivity index is 1.31. The van der Waals surface area contributed by atoms with Gasteiger partial charge >= 0.3 is 0 Å². The van der Waals surface area contributed by atoms with Crippen LogP contribution in [-0.2, 0) is 32.6 Å². The highest BCUT2D eigenvalue weighted by Crippen LogP contribution is 2.32. The predicted octanol–water partition coefficient (Wildman–Crippen LogP) is 3.37. The number of nitrogen functional groups attached to an aromatic ring is 1. The number of nitrogens with two attached hydrogens (primary N) is 1. The molecule has 5 rings (SSSR count). The van der Waals surface area contributed by atoms with Gasteiger partial charge < -0.3 is 35.7 Å². The van der Waals surface area contributed by atoms with Gasteiger partial charge in [-0.05, 0) is 55.0 Å². The number of allylic oxidation sites excluding steroid dienone is 1. The summed E-state index contributed by atoms with van der Waals surface area (Å²) in [6, 6.07) is 23.2. The SMILES string of the molecule is Cc1c(C2C=C(C(=O)NCc3ccc(C(=O)Nc4ccccc4N)cc3)OC(OCCOCCO)C2)c(=O)n(-c2ccccc2)n1C. The zero-order valence-corrected chi connectivity index (χ0v) is 26.3. The Labute approximate surface area is 272 Å². The smallest absolute Gasteiger partial charge is 0.286 e. The third-order valence-electron chi connectivity index (χ3n) is 7.90. The molecule has 0 fully saturated rings. The summed E-state index contributed by atoms with van der Waals surface area (Å²) < 4.78 is 20.6. The van der Waals surface area contributed by atoms with Crippen molar-refractivity contribution in [2.45, 2.75) is 32.1 Å². The lowest BCUT2D eigenvalue weighted by Gasteiger charge is -2.29. The molecule has 0 bridgehead atoms. The first kappa shape index (κ1) is 33.2. The number of aromatic nitrogens is 2. The third-order valence-corrected chi connectivity index (χ3v) is 7.90. The molecule has 3 aromatic carbocycles. The van der Waals surface area contributed by atoms with Gasteiger partial charge in [-0.1, -0.05) is 42.5 Å². The van der Waals surface area contributed by atoms with E-state index >= 15 is 0 Å². The Morgan fingerprint density at radius 3 is 2.43 bits per heavy atom. The quantitative estimate of drug-likeness (QED) is 0.128. The minimum atomic E-state index is -0.816. The van der Waals surface area contributed by atoms with E-state index in [0.717, 1.165) is 16.9 Å². The molecule has 0 aliphatic carbocycles. The fourth-order valence-corrected chi connectivity index (χ4v) is 5.39. The molecular weight excluding hydrogens is 602 g/mol. The highest BCUT2D eigenvalue weighted by atomic mass is 16.7. The lowest BCUT2D eigenvalue weighted by Crippen LogP contribution is -2.34. The van der Waals surface area contributed by atoms with Crippen molar-refractivity contribution in [3.8, 4) is 5.69 Å². The molecule has 4 aromatic rings. The van der Waals surface area contributed by atoms with Crippen LogP contribution in [0.2, 0.25) is 0 Å². The molecule has 2 unspecified atom stereocenters. The molecule has 0 saturated heterocycles. The average molecular weight is 642 g/mol. The van der Waals surface area contributed by atoms with Gasteiger partial charge in [-0.15, -0.1) is 0 Å². The lowest BCUT2D eigenvalue weighted by molar-refractivity contribution is -0.151. The molecular formula is C35H39N5O7. The van der Waals surface area contributed by atoms with Crippen LogP contribution in [0.25, 0.3) is 5.69 Å². The molecule has 1 aromatic heterocycles. The highest BCUT2D eigenvalue weighted by Gasteiger charge is 2.33. The first-order chi connectivity index (χ1) is 22.8. The van der Waals surface area contributed by atoms with Gasteiger partial charge in [0, 0.05) is 42.8 Å². The minimum Gasteiger partial charge on any atom is -0.459 e. The van der Waals surface area contributed by atoms with Crippen molar-refractivity contribution in [1.29, 1.82) is 0 Å². The largest absolute Gasteiger partial charge is 0.459 e. The second-order valence-electron chi connectivity index (χ2n) is 11.0. The molecule has 12 nitrogen and oxygen atoms in total. The van der Waals surface area contributed by atoms with Gasteiger partial charge in [-0.3, -0.25) is 19.1 Å². The van der Waals surface area contributed by atoms with E-state index in [0.29, 0.717) is 28.9 Å². The van der Waals surface area contributed by atoms with Crippen molar-refractivity contribution in [2.24, 2.45) is 7.05 Å². The summed E-state index contributed by atoms with van der Waals surface area (Å²) in [6.45, 7) is 2.52. The van der Waals surface area contributed by atoms with Crippen LogP contribution in [0.4, 0.5) is 11.4 Å². The van der Waals surface area contributed by atoms with E-state index in [-0.39, 0.29) is 50.2 Å². The number of carbonyl (C=O) groups is 2. The lowest BCUT2D eigenvalue weighted by atomic mass is 9.93. The summed E-state index contributed by atoms with van der Waals surface area (Å²) in [6.07, 6.45) is 1.16. The van der Waals surface area contributed by atoms with E-state index in [1.807, 2.05) is 44.3 Å². The molecule has 2 amide bonds. The zero-order valence-electron chi connectivity index (χ0n) is 26.3. The normalized spacial score (nSPS) is 15.9. The van der Waals surface area contributed by atoms with Crippen LogP contribution in [0.3, 0.4) is 0 Å². The summed E-state index contributed by atoms with van der Waals surface area (Å²) >= 11 is 0. The number of amides is 2. The molecule has 1 aliphatic rings. The van der Waals surface area contributed by atoms with Gasteiger partial charge in [-0.25, -0.2) is 4.68 Å². The number of carbonyl (C=O) groups excluding carboxylic acids is 2. The van der Waals surface area contributed by atoms with Crippen molar-refractivity contribution >= 4 is 23.2 Å². The number of nitrogens with zero attached hydrogens (tertiary/aromatic N) is 2. The van der Waals surface area contributed by atoms with E-state index in [4.69, 9.17) is 25.1 Å². The molecule has 2 heterocycles. The fraction of sp³-hybridized carbons (Fsp3) is 0.286. The van der Waals surface area contributed by atoms with Crippen LogP contribution in [0.5, 0.6) is 0 Å². The number of anilines is 2. The summed E-state index contributed by atoms with van der Waals surface area (Å²) in [7, 11) is 1.82. The second kappa shape index (κ2) is 15.4. The predicted molar refractivity (Wildman–Crippen MR) is 177 cm³/mol. The zero-order chi connectivity index (χ0) is 33.3. The molecule has 47 heavy (non-hydrogen) atoms. The van der Waals surface area contributed by atoms with Crippen LogP contribution in [0, 0.1) is 6.92 Å². The van der Waals surface area contributed by atoms with E-state index in [1.165, 1.54) is 0 Å². The topological polar surface area (TPSA) is 159 Å². The number of hydrogen-bond acceptors (Lipinski definition) is 8. The maximum atomic E-state index is 13.8. The summed E-state index contributed by atoms with van der Waals surface area (Å²) in [4.78, 5) is 39.9. The third kappa shape index (κ3) is 7.98. The summed E-state index contributed by atoms with van der Waals surface area (Å²) in [5.41, 5.74) is 9.96. The summed E-state index contributed by atoms with van der Waals surface area (Å²) in [5, 5.41) is 14.6. The first-order valence-electron chi connectivity index (χ1n) is 15.3. The monoisotopic (exact) mass is 641 g/mol. The van der Waals surface area contributed by atoms with Crippen LogP contribution < -0.4 is 21.9 Å². The maximum Gasteiger partial charge on any atom is 0.286 e. The van der Waals surface area contributed by atoms with Gasteiger partial charge in [0.05, 0.1) is 43.5 Å². The first-order valence-corrected chi connectivity index (χ1v) is 15.3. The summed E-state index contributed by atoms with van der Waals surface area (Å²) in [5.74, 6) is -1.21. The molecule has 12 heteroatoms. The number of benzene rings is 3. The van der Waals surface area contributed by atoms with Crippen LogP contribution in [-0.4, -0.2) is 59.0 Å². The standard InChI is InChI=1S/C35H39N5O7/c1-23-32(35(44)40(39(23)2)27-8-4-3-5-9-27)26-20-30(47-31(21-26)46-19-18-45-17-16-41)34(43)37-22-24-12-14-25(15-13-24)33(42)38-29-11-7-6-10-28(29)36/h3-15,20,26,31,41H,16-19,21-22,36H2,1-2H3,(H,37,43)(H,38,42). The van der Waals surface area contributed by atoms with E-state index in [1.54, 1.807) is 64.0 Å². The Kier molecular flexibility index (Phi) is 10.9. The number of nitrogens with one attached hydrogen (secondary N) is 2. The Morgan fingerprint density at radius 1 is 0.979 bits per heavy atom. The number of hydrogen-bond donors (Lipinski definition) is 4. The molecule has 246 valence electrons. The number of aliphatic hydroxyl groups is 1. The average Bonchev–Trinajstić information content (AvgIpc) is 3.31.